The number of benzene rings is 3. The van der Waals surface area contributed by atoms with Gasteiger partial charge in [0.2, 0.25) is 5.69 Å². The summed E-state index contributed by atoms with van der Waals surface area (Å²) in [6.45, 7) is 5.56. The van der Waals surface area contributed by atoms with E-state index in [1.54, 1.807) is 36.4 Å². The molecule has 4 aromatic rings. The van der Waals surface area contributed by atoms with Crippen molar-refractivity contribution in [3.63, 3.8) is 0 Å². The zero-order valence-electron chi connectivity index (χ0n) is 19.7. The van der Waals surface area contributed by atoms with Crippen LogP contribution in [0.15, 0.2) is 82.4 Å². The van der Waals surface area contributed by atoms with Crippen LogP contribution in [0.2, 0.25) is 5.02 Å². The largest absolute Gasteiger partial charge is 0.352 e. The Labute approximate surface area is 207 Å². The Morgan fingerprint density at radius 3 is 2.31 bits per heavy atom. The van der Waals surface area contributed by atoms with Gasteiger partial charge in [0.25, 0.3) is 11.5 Å². The van der Waals surface area contributed by atoms with Gasteiger partial charge < -0.3 is 5.32 Å². The molecule has 3 aromatic carbocycles. The molecule has 0 saturated carbocycles. The van der Waals surface area contributed by atoms with E-state index < -0.39 is 17.2 Å². The topological polar surface area (TPSA) is 86.0 Å². The van der Waals surface area contributed by atoms with Crippen molar-refractivity contribution >= 4 is 17.5 Å². The summed E-state index contributed by atoms with van der Waals surface area (Å²) in [4.78, 5) is 40.0. The van der Waals surface area contributed by atoms with Crippen LogP contribution in [0.1, 0.15) is 45.7 Å². The minimum absolute atomic E-state index is 0.0555. The van der Waals surface area contributed by atoms with Gasteiger partial charge in [-0.25, -0.2) is 4.79 Å². The monoisotopic (exact) mass is 488 g/mol. The molecule has 0 saturated heterocycles. The Hall–Kier alpha value is -3.97. The smallest absolute Gasteiger partial charge is 0.344 e. The number of hydrogen-bond donors (Lipinski definition) is 1. The predicted octanol–water partition coefficient (Wildman–Crippen LogP) is 4.20. The van der Waals surface area contributed by atoms with E-state index in [-0.39, 0.29) is 18.3 Å². The van der Waals surface area contributed by atoms with E-state index in [4.69, 9.17) is 11.6 Å². The Balaban J connectivity index is 1.84. The van der Waals surface area contributed by atoms with E-state index in [1.807, 2.05) is 57.2 Å². The van der Waals surface area contributed by atoms with Gasteiger partial charge in [-0.3, -0.25) is 14.2 Å². The van der Waals surface area contributed by atoms with Crippen molar-refractivity contribution < 1.29 is 4.79 Å². The Bertz CT molecular complexity index is 1490. The lowest BCUT2D eigenvalue weighted by Gasteiger charge is -2.16. The molecule has 178 valence electrons. The van der Waals surface area contributed by atoms with Gasteiger partial charge in [-0.15, -0.1) is 0 Å². The Morgan fingerprint density at radius 1 is 0.971 bits per heavy atom. The van der Waals surface area contributed by atoms with Gasteiger partial charge in [-0.2, -0.15) is 9.78 Å². The van der Waals surface area contributed by atoms with Crippen LogP contribution >= 0.6 is 11.6 Å². The minimum atomic E-state index is -0.770. The number of halogens is 1. The van der Waals surface area contributed by atoms with Crippen LogP contribution in [0.5, 0.6) is 0 Å². The van der Waals surface area contributed by atoms with E-state index in [2.05, 4.69) is 10.4 Å². The average molecular weight is 489 g/mol. The summed E-state index contributed by atoms with van der Waals surface area (Å²) >= 11 is 6.10. The van der Waals surface area contributed by atoms with Crippen molar-refractivity contribution in [3.8, 4) is 5.69 Å². The Kier molecular flexibility index (Phi) is 6.98. The molecule has 1 heterocycles. The highest BCUT2D eigenvalue weighted by Gasteiger charge is 2.22. The summed E-state index contributed by atoms with van der Waals surface area (Å²) in [6.07, 6.45) is 0. The van der Waals surface area contributed by atoms with E-state index in [9.17, 15) is 14.4 Å². The molecule has 7 nitrogen and oxygen atoms in total. The summed E-state index contributed by atoms with van der Waals surface area (Å²) in [5, 5.41) is 7.53. The molecular weight excluding hydrogens is 464 g/mol. The third-order valence-electron chi connectivity index (χ3n) is 5.60. The van der Waals surface area contributed by atoms with Gasteiger partial charge in [-0.1, -0.05) is 60.1 Å². The molecule has 8 heteroatoms. The maximum atomic E-state index is 13.4. The van der Waals surface area contributed by atoms with E-state index in [0.29, 0.717) is 16.3 Å². The number of nitrogens with zero attached hydrogens (tertiary/aromatic N) is 3. The molecule has 0 bridgehead atoms. The molecule has 35 heavy (non-hydrogen) atoms. The minimum Gasteiger partial charge on any atom is -0.344 e. The highest BCUT2D eigenvalue weighted by atomic mass is 35.5. The standard InChI is InChI=1S/C27H25ClN4O3/c1-17-12-18(2)14-23(13-17)32-27(35)31(16-20-8-7-11-22(28)15-20)26(34)24(30-32)25(33)29-19(3)21-9-5-4-6-10-21/h4-15,19H,16H2,1-3H3,(H,29,33)/t19-/m0/s1. The van der Waals surface area contributed by atoms with Crippen LogP contribution < -0.4 is 16.6 Å². The van der Waals surface area contributed by atoms with E-state index in [1.165, 1.54) is 0 Å². The normalized spacial score (nSPS) is 11.8. The van der Waals surface area contributed by atoms with Gasteiger partial charge in [0.15, 0.2) is 0 Å². The van der Waals surface area contributed by atoms with Crippen molar-refractivity contribution in [3.05, 3.63) is 127 Å². The lowest BCUT2D eigenvalue weighted by molar-refractivity contribution is 0.0930. The lowest BCUT2D eigenvalue weighted by Crippen LogP contribution is -2.46. The number of aryl methyl sites for hydroxylation is 2. The van der Waals surface area contributed by atoms with Gasteiger partial charge in [-0.05, 0) is 67.3 Å². The maximum absolute atomic E-state index is 13.4. The summed E-state index contributed by atoms with van der Waals surface area (Å²) in [7, 11) is 0. The third kappa shape index (κ3) is 5.41. The highest BCUT2D eigenvalue weighted by Crippen LogP contribution is 2.14. The van der Waals surface area contributed by atoms with Crippen LogP contribution in [-0.4, -0.2) is 20.3 Å². The number of carbonyl (C=O) groups excluding carboxylic acids is 1. The second-order valence-corrected chi connectivity index (χ2v) is 8.95. The van der Waals surface area contributed by atoms with Crippen LogP contribution in [0, 0.1) is 13.8 Å². The fourth-order valence-corrected chi connectivity index (χ4v) is 4.16. The fourth-order valence-electron chi connectivity index (χ4n) is 3.95. The van der Waals surface area contributed by atoms with Gasteiger partial charge >= 0.3 is 5.69 Å². The zero-order chi connectivity index (χ0) is 25.1. The first-order valence-corrected chi connectivity index (χ1v) is 11.5. The molecule has 0 unspecified atom stereocenters. The Morgan fingerprint density at radius 2 is 1.66 bits per heavy atom. The van der Waals surface area contributed by atoms with Crippen LogP contribution in [0.4, 0.5) is 0 Å². The first kappa shape index (κ1) is 24.2. The van der Waals surface area contributed by atoms with Crippen LogP contribution in [0.25, 0.3) is 5.69 Å². The molecule has 1 atom stereocenters. The zero-order valence-corrected chi connectivity index (χ0v) is 20.4. The van der Waals surface area contributed by atoms with E-state index >= 15 is 0 Å². The molecule has 4 rings (SSSR count). The van der Waals surface area contributed by atoms with Crippen LogP contribution in [-0.2, 0) is 6.54 Å². The highest BCUT2D eigenvalue weighted by molar-refractivity contribution is 6.30. The molecule has 1 amide bonds. The number of rotatable bonds is 6. The third-order valence-corrected chi connectivity index (χ3v) is 5.84. The second-order valence-electron chi connectivity index (χ2n) is 8.52. The summed E-state index contributed by atoms with van der Waals surface area (Å²) in [5.74, 6) is -0.663. The molecule has 0 aliphatic heterocycles. The fraction of sp³-hybridized carbons (Fsp3) is 0.185. The van der Waals surface area contributed by atoms with Gasteiger partial charge in [0, 0.05) is 5.02 Å². The van der Waals surface area contributed by atoms with Crippen molar-refractivity contribution in [1.29, 1.82) is 0 Å². The van der Waals surface area contributed by atoms with Crippen molar-refractivity contribution in [2.45, 2.75) is 33.4 Å². The average Bonchev–Trinajstić information content (AvgIpc) is 2.81. The lowest BCUT2D eigenvalue weighted by atomic mass is 10.1. The molecule has 1 N–H and O–H groups in total. The van der Waals surface area contributed by atoms with Crippen molar-refractivity contribution in [2.75, 3.05) is 0 Å². The number of hydrogen-bond acceptors (Lipinski definition) is 4. The first-order valence-electron chi connectivity index (χ1n) is 11.2. The van der Waals surface area contributed by atoms with E-state index in [0.717, 1.165) is 25.9 Å². The van der Waals surface area contributed by atoms with Crippen LogP contribution in [0.3, 0.4) is 0 Å². The predicted molar refractivity (Wildman–Crippen MR) is 136 cm³/mol. The summed E-state index contributed by atoms with van der Waals surface area (Å²) < 4.78 is 2.12. The summed E-state index contributed by atoms with van der Waals surface area (Å²) in [5.41, 5.74) is 2.06. The van der Waals surface area contributed by atoms with Crippen molar-refractivity contribution in [1.82, 2.24) is 19.7 Å². The maximum Gasteiger partial charge on any atom is 0.352 e. The second kappa shape index (κ2) is 10.1. The quantitative estimate of drug-likeness (QED) is 0.440. The molecule has 0 aliphatic carbocycles. The number of amides is 1. The SMILES string of the molecule is Cc1cc(C)cc(-n2nc(C(=O)N[C@@H](C)c3ccccc3)c(=O)n(Cc3cccc(Cl)c3)c2=O)c1. The van der Waals surface area contributed by atoms with Gasteiger partial charge in [0.05, 0.1) is 18.3 Å². The number of nitrogens with one attached hydrogen (secondary N) is 1. The number of carbonyl (C=O) groups is 1. The molecule has 0 aliphatic rings. The molecule has 1 aromatic heterocycles. The molecular formula is C27H25ClN4O3. The molecule has 0 radical (unpaired) electrons. The first-order chi connectivity index (χ1) is 16.7. The van der Waals surface area contributed by atoms with Crippen molar-refractivity contribution in [2.24, 2.45) is 0 Å². The molecule has 0 fully saturated rings. The number of aromatic nitrogens is 3. The molecule has 0 spiro atoms. The van der Waals surface area contributed by atoms with Gasteiger partial charge in [0.1, 0.15) is 0 Å². The summed E-state index contributed by atoms with van der Waals surface area (Å²) in [6, 6.07) is 21.4.